The van der Waals surface area contributed by atoms with Crippen molar-refractivity contribution >= 4 is 22.5 Å². The second-order valence-electron chi connectivity index (χ2n) is 7.05. The molecule has 0 saturated carbocycles. The molecule has 0 unspecified atom stereocenters. The molecule has 4 rings (SSSR count). The minimum atomic E-state index is -0.645. The third kappa shape index (κ3) is 3.38. The van der Waals surface area contributed by atoms with E-state index in [0.29, 0.717) is 22.3 Å². The number of nitrogens with zero attached hydrogens (tertiary/aromatic N) is 1. The molecule has 0 spiro atoms. The number of carbonyl (C=O) groups is 1. The Kier molecular flexibility index (Phi) is 4.64. The number of benzene rings is 3. The number of hydrogen-bond donors (Lipinski definition) is 2. The number of anilines is 1. The van der Waals surface area contributed by atoms with Crippen molar-refractivity contribution < 1.29 is 9.90 Å². The van der Waals surface area contributed by atoms with E-state index in [1.54, 1.807) is 36.4 Å². The Hall–Kier alpha value is -3.86. The second kappa shape index (κ2) is 7.28. The SMILES string of the molecule is Cc1cc(C)cc(NC(=O)c2c(O)c3ccccc3n(-c3ccccc3)c2=O)c1. The highest BCUT2D eigenvalue weighted by Crippen LogP contribution is 2.28. The van der Waals surface area contributed by atoms with Crippen LogP contribution in [0.3, 0.4) is 0 Å². The number of aromatic nitrogens is 1. The number of aromatic hydroxyl groups is 1. The summed E-state index contributed by atoms with van der Waals surface area (Å²) >= 11 is 0. The van der Waals surface area contributed by atoms with E-state index in [1.165, 1.54) is 4.57 Å². The molecule has 1 aromatic heterocycles. The third-order valence-electron chi connectivity index (χ3n) is 4.77. The number of amides is 1. The van der Waals surface area contributed by atoms with E-state index in [9.17, 15) is 14.7 Å². The first-order valence-corrected chi connectivity index (χ1v) is 9.27. The van der Waals surface area contributed by atoms with Gasteiger partial charge in [0, 0.05) is 16.8 Å². The number of fused-ring (bicyclic) bond motifs is 1. The first-order chi connectivity index (χ1) is 14.0. The molecule has 0 aliphatic rings. The van der Waals surface area contributed by atoms with Crippen molar-refractivity contribution in [2.24, 2.45) is 0 Å². The summed E-state index contributed by atoms with van der Waals surface area (Å²) in [4.78, 5) is 26.3. The summed E-state index contributed by atoms with van der Waals surface area (Å²) in [6, 6.07) is 21.7. The number of pyridine rings is 1. The van der Waals surface area contributed by atoms with Crippen LogP contribution < -0.4 is 10.9 Å². The largest absolute Gasteiger partial charge is 0.506 e. The third-order valence-corrected chi connectivity index (χ3v) is 4.77. The van der Waals surface area contributed by atoms with Gasteiger partial charge in [-0.25, -0.2) is 0 Å². The van der Waals surface area contributed by atoms with Gasteiger partial charge in [-0.05, 0) is 61.4 Å². The highest BCUT2D eigenvalue weighted by Gasteiger charge is 2.23. The molecule has 0 bridgehead atoms. The minimum Gasteiger partial charge on any atom is -0.506 e. The molecule has 1 heterocycles. The fraction of sp³-hybridized carbons (Fsp3) is 0.0833. The zero-order chi connectivity index (χ0) is 20.5. The number of hydrogen-bond acceptors (Lipinski definition) is 3. The van der Waals surface area contributed by atoms with Gasteiger partial charge in [-0.1, -0.05) is 36.4 Å². The fourth-order valence-electron chi connectivity index (χ4n) is 3.60. The van der Waals surface area contributed by atoms with Crippen LogP contribution in [-0.4, -0.2) is 15.6 Å². The van der Waals surface area contributed by atoms with E-state index in [1.807, 2.05) is 50.2 Å². The molecular weight excluding hydrogens is 364 g/mol. The van der Waals surface area contributed by atoms with Crippen LogP contribution in [0.1, 0.15) is 21.5 Å². The molecule has 5 nitrogen and oxygen atoms in total. The molecule has 0 fully saturated rings. The van der Waals surface area contributed by atoms with Crippen LogP contribution >= 0.6 is 0 Å². The van der Waals surface area contributed by atoms with E-state index < -0.39 is 11.5 Å². The molecule has 3 aromatic carbocycles. The van der Waals surface area contributed by atoms with Gasteiger partial charge in [0.25, 0.3) is 11.5 Å². The van der Waals surface area contributed by atoms with Gasteiger partial charge in [-0.2, -0.15) is 0 Å². The van der Waals surface area contributed by atoms with Gasteiger partial charge in [0.1, 0.15) is 11.3 Å². The number of para-hydroxylation sites is 2. The van der Waals surface area contributed by atoms with Gasteiger partial charge in [-0.15, -0.1) is 0 Å². The van der Waals surface area contributed by atoms with E-state index in [4.69, 9.17) is 0 Å². The average Bonchev–Trinajstić information content (AvgIpc) is 2.68. The number of nitrogens with one attached hydrogen (secondary N) is 1. The van der Waals surface area contributed by atoms with Crippen molar-refractivity contribution in [3.63, 3.8) is 0 Å². The summed E-state index contributed by atoms with van der Waals surface area (Å²) in [5, 5.41) is 14.0. The topological polar surface area (TPSA) is 71.3 Å². The Morgan fingerprint density at radius 1 is 0.897 bits per heavy atom. The van der Waals surface area contributed by atoms with Crippen LogP contribution in [0, 0.1) is 13.8 Å². The van der Waals surface area contributed by atoms with Crippen LogP contribution in [0.5, 0.6) is 5.75 Å². The van der Waals surface area contributed by atoms with Gasteiger partial charge in [0.05, 0.1) is 5.52 Å². The number of rotatable bonds is 3. The molecule has 1 amide bonds. The predicted molar refractivity (Wildman–Crippen MR) is 115 cm³/mol. The highest BCUT2D eigenvalue weighted by molar-refractivity contribution is 6.09. The summed E-state index contributed by atoms with van der Waals surface area (Å²) in [5.41, 5.74) is 2.85. The van der Waals surface area contributed by atoms with Crippen LogP contribution in [-0.2, 0) is 0 Å². The highest BCUT2D eigenvalue weighted by atomic mass is 16.3. The first-order valence-electron chi connectivity index (χ1n) is 9.27. The number of carbonyl (C=O) groups excluding carboxylic acids is 1. The van der Waals surface area contributed by atoms with Crippen LogP contribution in [0.25, 0.3) is 16.6 Å². The monoisotopic (exact) mass is 384 g/mol. The molecule has 0 aliphatic heterocycles. The van der Waals surface area contributed by atoms with Crippen molar-refractivity contribution in [1.29, 1.82) is 0 Å². The van der Waals surface area contributed by atoms with Crippen LogP contribution in [0.2, 0.25) is 0 Å². The molecule has 5 heteroatoms. The van der Waals surface area contributed by atoms with Crippen molar-refractivity contribution in [3.8, 4) is 11.4 Å². The summed E-state index contributed by atoms with van der Waals surface area (Å²) in [6.45, 7) is 3.86. The van der Waals surface area contributed by atoms with Gasteiger partial charge in [0.15, 0.2) is 0 Å². The smallest absolute Gasteiger partial charge is 0.272 e. The molecule has 144 valence electrons. The lowest BCUT2D eigenvalue weighted by molar-refractivity contribution is 0.102. The van der Waals surface area contributed by atoms with E-state index >= 15 is 0 Å². The Labute approximate surface area is 167 Å². The van der Waals surface area contributed by atoms with E-state index in [2.05, 4.69) is 5.32 Å². The lowest BCUT2D eigenvalue weighted by atomic mass is 10.1. The molecule has 4 aromatic rings. The second-order valence-corrected chi connectivity index (χ2v) is 7.05. The Bertz CT molecular complexity index is 1270. The maximum absolute atomic E-state index is 13.3. The molecule has 0 saturated heterocycles. The zero-order valence-electron chi connectivity index (χ0n) is 16.1. The molecule has 2 N–H and O–H groups in total. The Morgan fingerprint density at radius 3 is 2.21 bits per heavy atom. The molecule has 0 aliphatic carbocycles. The summed E-state index contributed by atoms with van der Waals surface area (Å²) < 4.78 is 1.45. The average molecular weight is 384 g/mol. The lowest BCUT2D eigenvalue weighted by Crippen LogP contribution is -2.29. The maximum Gasteiger partial charge on any atom is 0.272 e. The van der Waals surface area contributed by atoms with Crippen molar-refractivity contribution in [1.82, 2.24) is 4.57 Å². The minimum absolute atomic E-state index is 0.285. The lowest BCUT2D eigenvalue weighted by Gasteiger charge is -2.15. The maximum atomic E-state index is 13.3. The predicted octanol–water partition coefficient (Wildman–Crippen LogP) is 4.57. The van der Waals surface area contributed by atoms with Crippen LogP contribution in [0.4, 0.5) is 5.69 Å². The van der Waals surface area contributed by atoms with E-state index in [-0.39, 0.29) is 11.3 Å². The molecule has 0 radical (unpaired) electrons. The first kappa shape index (κ1) is 18.5. The van der Waals surface area contributed by atoms with Gasteiger partial charge < -0.3 is 10.4 Å². The van der Waals surface area contributed by atoms with Crippen molar-refractivity contribution in [3.05, 3.63) is 99.8 Å². The van der Waals surface area contributed by atoms with Crippen LogP contribution in [0.15, 0.2) is 77.6 Å². The summed E-state index contributed by atoms with van der Waals surface area (Å²) in [7, 11) is 0. The fourth-order valence-corrected chi connectivity index (χ4v) is 3.60. The molecule has 0 atom stereocenters. The summed E-state index contributed by atoms with van der Waals surface area (Å²) in [5.74, 6) is -0.965. The van der Waals surface area contributed by atoms with E-state index in [0.717, 1.165) is 11.1 Å². The normalized spacial score (nSPS) is 10.8. The Balaban J connectivity index is 1.93. The summed E-state index contributed by atoms with van der Waals surface area (Å²) in [6.07, 6.45) is 0. The molecular formula is C24H20N2O3. The van der Waals surface area contributed by atoms with Gasteiger partial charge in [-0.3, -0.25) is 14.2 Å². The van der Waals surface area contributed by atoms with Gasteiger partial charge >= 0.3 is 0 Å². The quantitative estimate of drug-likeness (QED) is 0.544. The standard InChI is InChI=1S/C24H20N2O3/c1-15-12-16(2)14-17(13-15)25-23(28)21-22(27)19-10-6-7-11-20(19)26(24(21)29)18-8-4-3-5-9-18/h3-14,27H,1-2H3,(H,25,28). The van der Waals surface area contributed by atoms with Gasteiger partial charge in [0.2, 0.25) is 0 Å². The number of aryl methyl sites for hydroxylation is 2. The van der Waals surface area contributed by atoms with Crippen molar-refractivity contribution in [2.75, 3.05) is 5.32 Å². The Morgan fingerprint density at radius 2 is 1.52 bits per heavy atom. The zero-order valence-corrected chi connectivity index (χ0v) is 16.1. The van der Waals surface area contributed by atoms with Crippen molar-refractivity contribution in [2.45, 2.75) is 13.8 Å². The molecule has 29 heavy (non-hydrogen) atoms.